The second-order valence-electron chi connectivity index (χ2n) is 5.81. The van der Waals surface area contributed by atoms with Gasteiger partial charge in [-0.1, -0.05) is 0 Å². The molecule has 0 aliphatic rings. The molecule has 7 heteroatoms. The highest BCUT2D eigenvalue weighted by Crippen LogP contribution is 2.31. The summed E-state index contributed by atoms with van der Waals surface area (Å²) in [5, 5.41) is 6.01. The predicted molar refractivity (Wildman–Crippen MR) is 108 cm³/mol. The minimum atomic E-state index is -0.293. The molecule has 28 heavy (non-hydrogen) atoms. The lowest BCUT2D eigenvalue weighted by Gasteiger charge is -2.12. The van der Waals surface area contributed by atoms with Crippen LogP contribution in [0.5, 0.6) is 17.2 Å². The lowest BCUT2D eigenvalue weighted by atomic mass is 10.2. The lowest BCUT2D eigenvalue weighted by Crippen LogP contribution is -2.13. The van der Waals surface area contributed by atoms with Crippen molar-refractivity contribution in [2.45, 2.75) is 0 Å². The number of pyridine rings is 1. The molecule has 0 spiro atoms. The third kappa shape index (κ3) is 4.50. The van der Waals surface area contributed by atoms with Gasteiger partial charge in [0, 0.05) is 11.8 Å². The molecule has 2 aromatic carbocycles. The van der Waals surface area contributed by atoms with Gasteiger partial charge in [0.25, 0.3) is 5.91 Å². The number of hydrogen-bond acceptors (Lipinski definition) is 6. The Labute approximate surface area is 163 Å². The van der Waals surface area contributed by atoms with Crippen molar-refractivity contribution < 1.29 is 19.0 Å². The fourth-order valence-corrected chi connectivity index (χ4v) is 2.53. The van der Waals surface area contributed by atoms with Crippen LogP contribution in [0.2, 0.25) is 0 Å². The van der Waals surface area contributed by atoms with Crippen LogP contribution in [0.25, 0.3) is 0 Å². The van der Waals surface area contributed by atoms with E-state index in [0.29, 0.717) is 22.9 Å². The zero-order chi connectivity index (χ0) is 19.9. The van der Waals surface area contributed by atoms with Crippen LogP contribution >= 0.6 is 0 Å². The Hall–Kier alpha value is -3.74. The first-order chi connectivity index (χ1) is 13.6. The van der Waals surface area contributed by atoms with E-state index in [1.54, 1.807) is 70.0 Å². The van der Waals surface area contributed by atoms with Crippen LogP contribution in [0.3, 0.4) is 0 Å². The van der Waals surface area contributed by atoms with E-state index < -0.39 is 0 Å². The summed E-state index contributed by atoms with van der Waals surface area (Å²) in [6, 6.07) is 16.0. The third-order valence-corrected chi connectivity index (χ3v) is 4.03. The fraction of sp³-hybridized carbons (Fsp3) is 0.143. The van der Waals surface area contributed by atoms with E-state index in [0.717, 1.165) is 17.1 Å². The first-order valence-corrected chi connectivity index (χ1v) is 8.53. The first kappa shape index (κ1) is 19.0. The van der Waals surface area contributed by atoms with Gasteiger partial charge in [0.15, 0.2) is 0 Å². The number of hydrogen-bond donors (Lipinski definition) is 2. The molecule has 1 amide bonds. The summed E-state index contributed by atoms with van der Waals surface area (Å²) in [6.45, 7) is 0. The van der Waals surface area contributed by atoms with Gasteiger partial charge in [-0.2, -0.15) is 0 Å². The minimum absolute atomic E-state index is 0.293. The number of aromatic nitrogens is 1. The molecule has 3 rings (SSSR count). The predicted octanol–water partition coefficient (Wildman–Crippen LogP) is 4.10. The normalized spacial score (nSPS) is 10.1. The van der Waals surface area contributed by atoms with Crippen molar-refractivity contribution in [2.24, 2.45) is 0 Å². The van der Waals surface area contributed by atoms with Crippen molar-refractivity contribution in [3.63, 3.8) is 0 Å². The second kappa shape index (κ2) is 8.77. The van der Waals surface area contributed by atoms with E-state index in [1.807, 2.05) is 12.1 Å². The third-order valence-electron chi connectivity index (χ3n) is 4.03. The number of carbonyl (C=O) groups excluding carboxylic acids is 1. The number of methoxy groups -OCH3 is 3. The largest absolute Gasteiger partial charge is 0.497 e. The maximum atomic E-state index is 12.3. The van der Waals surface area contributed by atoms with E-state index >= 15 is 0 Å². The van der Waals surface area contributed by atoms with E-state index in [2.05, 4.69) is 15.6 Å². The summed E-state index contributed by atoms with van der Waals surface area (Å²) >= 11 is 0. The molecule has 3 aromatic rings. The summed E-state index contributed by atoms with van der Waals surface area (Å²) < 4.78 is 15.7. The lowest BCUT2D eigenvalue weighted by molar-refractivity contribution is 0.102. The van der Waals surface area contributed by atoms with Crippen LogP contribution in [-0.4, -0.2) is 32.2 Å². The molecule has 0 radical (unpaired) electrons. The summed E-state index contributed by atoms with van der Waals surface area (Å²) in [6.07, 6.45) is 1.59. The molecule has 0 aliphatic carbocycles. The van der Waals surface area contributed by atoms with E-state index in [-0.39, 0.29) is 5.91 Å². The van der Waals surface area contributed by atoms with Gasteiger partial charge in [-0.15, -0.1) is 0 Å². The van der Waals surface area contributed by atoms with Crippen molar-refractivity contribution in [2.75, 3.05) is 32.0 Å². The van der Waals surface area contributed by atoms with Gasteiger partial charge in [-0.3, -0.25) is 4.79 Å². The Morgan fingerprint density at radius 3 is 2.11 bits per heavy atom. The number of amides is 1. The SMILES string of the molecule is COc1ccc(NC(=O)c2ccc(Nc3ccc(OC)cc3OC)cn2)cc1. The van der Waals surface area contributed by atoms with E-state index in [1.165, 1.54) is 0 Å². The fourth-order valence-electron chi connectivity index (χ4n) is 2.53. The number of nitrogens with zero attached hydrogens (tertiary/aromatic N) is 1. The molecule has 1 aromatic heterocycles. The number of nitrogens with one attached hydrogen (secondary N) is 2. The van der Waals surface area contributed by atoms with Crippen LogP contribution in [-0.2, 0) is 0 Å². The Bertz CT molecular complexity index is 941. The highest BCUT2D eigenvalue weighted by Gasteiger charge is 2.09. The summed E-state index contributed by atoms with van der Waals surface area (Å²) in [4.78, 5) is 16.6. The van der Waals surface area contributed by atoms with Crippen LogP contribution < -0.4 is 24.8 Å². The van der Waals surface area contributed by atoms with Crippen LogP contribution in [0, 0.1) is 0 Å². The molecule has 1 heterocycles. The molecule has 144 valence electrons. The van der Waals surface area contributed by atoms with Crippen LogP contribution in [0.4, 0.5) is 17.1 Å². The van der Waals surface area contributed by atoms with Gasteiger partial charge >= 0.3 is 0 Å². The standard InChI is InChI=1S/C21H21N3O4/c1-26-16-7-4-14(5-8-16)24-21(25)19-10-6-15(13-22-19)23-18-11-9-17(27-2)12-20(18)28-3/h4-13,23H,1-3H3,(H,24,25). The molecule has 0 saturated carbocycles. The van der Waals surface area contributed by atoms with Gasteiger partial charge < -0.3 is 24.8 Å². The van der Waals surface area contributed by atoms with Gasteiger partial charge in [0.1, 0.15) is 22.9 Å². The zero-order valence-electron chi connectivity index (χ0n) is 15.9. The zero-order valence-corrected chi connectivity index (χ0v) is 15.9. The smallest absolute Gasteiger partial charge is 0.274 e. The van der Waals surface area contributed by atoms with Crippen molar-refractivity contribution >= 4 is 23.0 Å². The maximum Gasteiger partial charge on any atom is 0.274 e. The molecule has 7 nitrogen and oxygen atoms in total. The minimum Gasteiger partial charge on any atom is -0.497 e. The molecular formula is C21H21N3O4. The maximum absolute atomic E-state index is 12.3. The number of carbonyl (C=O) groups is 1. The van der Waals surface area contributed by atoms with E-state index in [9.17, 15) is 4.79 Å². The van der Waals surface area contributed by atoms with Crippen molar-refractivity contribution in [3.05, 3.63) is 66.5 Å². The molecule has 0 atom stereocenters. The average molecular weight is 379 g/mol. The van der Waals surface area contributed by atoms with Gasteiger partial charge in [0.2, 0.25) is 0 Å². The number of rotatable bonds is 7. The summed E-state index contributed by atoms with van der Waals surface area (Å²) in [5.74, 6) is 1.77. The first-order valence-electron chi connectivity index (χ1n) is 8.53. The quantitative estimate of drug-likeness (QED) is 0.643. The number of anilines is 3. The van der Waals surface area contributed by atoms with Crippen molar-refractivity contribution in [3.8, 4) is 17.2 Å². The van der Waals surface area contributed by atoms with Crippen LogP contribution in [0.1, 0.15) is 10.5 Å². The Morgan fingerprint density at radius 2 is 1.50 bits per heavy atom. The van der Waals surface area contributed by atoms with Crippen molar-refractivity contribution in [1.82, 2.24) is 4.98 Å². The van der Waals surface area contributed by atoms with Crippen molar-refractivity contribution in [1.29, 1.82) is 0 Å². The number of ether oxygens (including phenoxy) is 3. The van der Waals surface area contributed by atoms with Gasteiger partial charge in [-0.05, 0) is 48.5 Å². The molecular weight excluding hydrogens is 358 g/mol. The monoisotopic (exact) mass is 379 g/mol. The highest BCUT2D eigenvalue weighted by molar-refractivity contribution is 6.03. The molecule has 0 fully saturated rings. The molecule has 0 saturated heterocycles. The molecule has 0 aliphatic heterocycles. The average Bonchev–Trinajstić information content (AvgIpc) is 2.75. The molecule has 0 bridgehead atoms. The second-order valence-corrected chi connectivity index (χ2v) is 5.81. The van der Waals surface area contributed by atoms with Gasteiger partial charge in [0.05, 0.1) is 38.9 Å². The number of benzene rings is 2. The summed E-state index contributed by atoms with van der Waals surface area (Å²) in [7, 11) is 4.78. The van der Waals surface area contributed by atoms with Crippen LogP contribution in [0.15, 0.2) is 60.8 Å². The Kier molecular flexibility index (Phi) is 5.96. The topological polar surface area (TPSA) is 81.7 Å². The van der Waals surface area contributed by atoms with Gasteiger partial charge in [-0.25, -0.2) is 4.98 Å². The summed E-state index contributed by atoms with van der Waals surface area (Å²) in [5.41, 5.74) is 2.46. The molecule has 2 N–H and O–H groups in total. The Morgan fingerprint density at radius 1 is 0.821 bits per heavy atom. The van der Waals surface area contributed by atoms with E-state index in [4.69, 9.17) is 14.2 Å². The molecule has 0 unspecified atom stereocenters. The Balaban J connectivity index is 1.68. The highest BCUT2D eigenvalue weighted by atomic mass is 16.5.